The molecule has 0 fully saturated rings. The second kappa shape index (κ2) is 6.46. The third kappa shape index (κ3) is 2.84. The third-order valence-electron chi connectivity index (χ3n) is 4.28. The van der Waals surface area contributed by atoms with Gasteiger partial charge < -0.3 is 15.0 Å². The van der Waals surface area contributed by atoms with E-state index in [9.17, 15) is 0 Å². The Bertz CT molecular complexity index is 803. The highest BCUT2D eigenvalue weighted by Gasteiger charge is 2.24. The van der Waals surface area contributed by atoms with Crippen LogP contribution in [-0.2, 0) is 6.42 Å². The molecular weight excluding hydrogens is 312 g/mol. The Morgan fingerprint density at radius 2 is 2.09 bits per heavy atom. The summed E-state index contributed by atoms with van der Waals surface area (Å²) in [5.74, 6) is 1.58. The van der Waals surface area contributed by atoms with Gasteiger partial charge in [-0.2, -0.15) is 0 Å². The zero-order valence-electron chi connectivity index (χ0n) is 12.9. The standard InChI is InChI=1S/C17H18N4O.ClH/c1-22-11-6-7-14-13(10-11)12-4-2-5-15(16(12)20-14)21-17-18-8-3-9-19-17;/h3,6-10,15,20H,2,4-5H2,1H3,(H,18,19,21);1H. The van der Waals surface area contributed by atoms with Crippen LogP contribution in [0.5, 0.6) is 5.75 Å². The summed E-state index contributed by atoms with van der Waals surface area (Å²) in [6.07, 6.45) is 6.84. The fourth-order valence-corrected chi connectivity index (χ4v) is 3.24. The van der Waals surface area contributed by atoms with Crippen molar-refractivity contribution in [2.24, 2.45) is 0 Å². The van der Waals surface area contributed by atoms with Gasteiger partial charge in [-0.05, 0) is 49.1 Å². The topological polar surface area (TPSA) is 62.8 Å². The summed E-state index contributed by atoms with van der Waals surface area (Å²) in [5, 5.41) is 4.70. The van der Waals surface area contributed by atoms with Gasteiger partial charge in [0.1, 0.15) is 5.75 Å². The Morgan fingerprint density at radius 1 is 1.26 bits per heavy atom. The summed E-state index contributed by atoms with van der Waals surface area (Å²) in [5.41, 5.74) is 3.80. The van der Waals surface area contributed by atoms with E-state index >= 15 is 0 Å². The molecule has 1 atom stereocenters. The van der Waals surface area contributed by atoms with Crippen molar-refractivity contribution >= 4 is 29.3 Å². The number of nitrogens with one attached hydrogen (secondary N) is 2. The molecule has 1 aliphatic rings. The van der Waals surface area contributed by atoms with E-state index in [-0.39, 0.29) is 18.4 Å². The molecule has 0 aliphatic heterocycles. The normalized spacial score (nSPS) is 16.5. The molecule has 5 nitrogen and oxygen atoms in total. The van der Waals surface area contributed by atoms with Crippen molar-refractivity contribution in [1.29, 1.82) is 0 Å². The van der Waals surface area contributed by atoms with Crippen molar-refractivity contribution in [1.82, 2.24) is 15.0 Å². The lowest BCUT2D eigenvalue weighted by Crippen LogP contribution is -2.18. The summed E-state index contributed by atoms with van der Waals surface area (Å²) in [7, 11) is 1.71. The van der Waals surface area contributed by atoms with Gasteiger partial charge in [-0.3, -0.25) is 0 Å². The zero-order chi connectivity index (χ0) is 14.9. The Hall–Kier alpha value is -2.27. The van der Waals surface area contributed by atoms with E-state index in [1.54, 1.807) is 19.5 Å². The predicted octanol–water partition coefficient (Wildman–Crippen LogP) is 3.88. The van der Waals surface area contributed by atoms with Gasteiger partial charge in [-0.25, -0.2) is 9.97 Å². The van der Waals surface area contributed by atoms with E-state index in [1.807, 2.05) is 12.1 Å². The van der Waals surface area contributed by atoms with E-state index in [1.165, 1.54) is 16.6 Å². The van der Waals surface area contributed by atoms with Crippen LogP contribution in [-0.4, -0.2) is 22.1 Å². The van der Waals surface area contributed by atoms with Gasteiger partial charge in [-0.15, -0.1) is 12.4 Å². The molecular formula is C17H19ClN4O. The van der Waals surface area contributed by atoms with Crippen molar-refractivity contribution in [3.05, 3.63) is 47.9 Å². The SMILES string of the molecule is COc1ccc2[nH]c3c(c2c1)CCCC3Nc1ncccn1.Cl. The number of methoxy groups -OCH3 is 1. The lowest BCUT2D eigenvalue weighted by Gasteiger charge is -2.23. The fourth-order valence-electron chi connectivity index (χ4n) is 3.24. The predicted molar refractivity (Wildman–Crippen MR) is 93.4 cm³/mol. The highest BCUT2D eigenvalue weighted by Crippen LogP contribution is 2.37. The number of H-pyrrole nitrogens is 1. The molecule has 2 heterocycles. The number of hydrogen-bond donors (Lipinski definition) is 2. The molecule has 0 radical (unpaired) electrons. The first-order valence-corrected chi connectivity index (χ1v) is 7.57. The van der Waals surface area contributed by atoms with Gasteiger partial charge in [0.25, 0.3) is 0 Å². The molecule has 120 valence electrons. The lowest BCUT2D eigenvalue weighted by molar-refractivity contribution is 0.415. The molecule has 0 saturated carbocycles. The zero-order valence-corrected chi connectivity index (χ0v) is 13.7. The number of ether oxygens (including phenoxy) is 1. The molecule has 0 spiro atoms. The largest absolute Gasteiger partial charge is 0.497 e. The maximum Gasteiger partial charge on any atom is 0.223 e. The van der Waals surface area contributed by atoms with E-state index < -0.39 is 0 Å². The van der Waals surface area contributed by atoms with Gasteiger partial charge >= 0.3 is 0 Å². The number of halogens is 1. The summed E-state index contributed by atoms with van der Waals surface area (Å²) >= 11 is 0. The Labute approximate surface area is 140 Å². The van der Waals surface area contributed by atoms with Crippen molar-refractivity contribution in [3.8, 4) is 5.75 Å². The average molecular weight is 331 g/mol. The van der Waals surface area contributed by atoms with E-state index in [4.69, 9.17) is 4.74 Å². The lowest BCUT2D eigenvalue weighted by atomic mass is 9.92. The Balaban J connectivity index is 0.00000156. The van der Waals surface area contributed by atoms with Crippen LogP contribution in [0.25, 0.3) is 10.9 Å². The summed E-state index contributed by atoms with van der Waals surface area (Å²) < 4.78 is 5.36. The highest BCUT2D eigenvalue weighted by atomic mass is 35.5. The smallest absolute Gasteiger partial charge is 0.223 e. The minimum atomic E-state index is 0. The molecule has 3 aromatic rings. The van der Waals surface area contributed by atoms with Crippen LogP contribution in [0.2, 0.25) is 0 Å². The number of aryl methyl sites for hydroxylation is 1. The number of nitrogens with zero attached hydrogens (tertiary/aromatic N) is 2. The van der Waals surface area contributed by atoms with Gasteiger partial charge in [-0.1, -0.05) is 0 Å². The van der Waals surface area contributed by atoms with Gasteiger partial charge in [0, 0.05) is 29.0 Å². The van der Waals surface area contributed by atoms with Gasteiger partial charge in [0.05, 0.1) is 13.2 Å². The average Bonchev–Trinajstić information content (AvgIpc) is 2.95. The minimum Gasteiger partial charge on any atom is -0.497 e. The molecule has 6 heteroatoms. The fraction of sp³-hybridized carbons (Fsp3) is 0.294. The molecule has 0 amide bonds. The quantitative estimate of drug-likeness (QED) is 0.765. The van der Waals surface area contributed by atoms with E-state index in [0.29, 0.717) is 5.95 Å². The first-order valence-electron chi connectivity index (χ1n) is 7.57. The van der Waals surface area contributed by atoms with Crippen molar-refractivity contribution in [3.63, 3.8) is 0 Å². The monoisotopic (exact) mass is 330 g/mol. The minimum absolute atomic E-state index is 0. The molecule has 0 bridgehead atoms. The third-order valence-corrected chi connectivity index (χ3v) is 4.28. The molecule has 2 N–H and O–H groups in total. The number of rotatable bonds is 3. The number of anilines is 1. The highest BCUT2D eigenvalue weighted by molar-refractivity contribution is 5.86. The van der Waals surface area contributed by atoms with Crippen LogP contribution in [0.3, 0.4) is 0 Å². The van der Waals surface area contributed by atoms with Crippen molar-refractivity contribution < 1.29 is 4.74 Å². The van der Waals surface area contributed by atoms with Crippen LogP contribution >= 0.6 is 12.4 Å². The first kappa shape index (κ1) is 15.6. The first-order chi connectivity index (χ1) is 10.8. The second-order valence-corrected chi connectivity index (χ2v) is 5.59. The molecule has 2 aromatic heterocycles. The molecule has 1 aliphatic carbocycles. The summed E-state index contributed by atoms with van der Waals surface area (Å²) in [6.45, 7) is 0. The molecule has 1 aromatic carbocycles. The summed E-state index contributed by atoms with van der Waals surface area (Å²) in [4.78, 5) is 12.1. The van der Waals surface area contributed by atoms with Crippen LogP contribution in [0.4, 0.5) is 5.95 Å². The maximum atomic E-state index is 5.36. The second-order valence-electron chi connectivity index (χ2n) is 5.59. The Morgan fingerprint density at radius 3 is 2.87 bits per heavy atom. The maximum absolute atomic E-state index is 5.36. The van der Waals surface area contributed by atoms with Crippen molar-refractivity contribution in [2.75, 3.05) is 12.4 Å². The number of benzene rings is 1. The van der Waals surface area contributed by atoms with Crippen LogP contribution < -0.4 is 10.1 Å². The molecule has 4 rings (SSSR count). The number of hydrogen-bond acceptors (Lipinski definition) is 4. The number of fused-ring (bicyclic) bond motifs is 3. The molecule has 23 heavy (non-hydrogen) atoms. The Kier molecular flexibility index (Phi) is 4.39. The molecule has 0 saturated heterocycles. The number of aromatic amines is 1. The molecule has 1 unspecified atom stereocenters. The van der Waals surface area contributed by atoms with Gasteiger partial charge in [0.15, 0.2) is 0 Å². The van der Waals surface area contributed by atoms with Crippen LogP contribution in [0.1, 0.15) is 30.1 Å². The number of aromatic nitrogens is 3. The van der Waals surface area contributed by atoms with Crippen LogP contribution in [0.15, 0.2) is 36.7 Å². The summed E-state index contributed by atoms with van der Waals surface area (Å²) in [6, 6.07) is 8.25. The van der Waals surface area contributed by atoms with E-state index in [2.05, 4.69) is 32.4 Å². The van der Waals surface area contributed by atoms with Crippen LogP contribution in [0, 0.1) is 0 Å². The van der Waals surface area contributed by atoms with Crippen molar-refractivity contribution in [2.45, 2.75) is 25.3 Å². The van der Waals surface area contributed by atoms with Gasteiger partial charge in [0.2, 0.25) is 5.95 Å². The van der Waals surface area contributed by atoms with E-state index in [0.717, 1.165) is 30.5 Å².